The van der Waals surface area contributed by atoms with Gasteiger partial charge in [-0.3, -0.25) is 0 Å². The topological polar surface area (TPSA) is 29.5 Å². The molecule has 0 aromatic heterocycles. The number of hydrogen-bond donors (Lipinski definition) is 0. The highest BCUT2D eigenvalue weighted by Gasteiger charge is 2.51. The number of rotatable bonds is 0. The lowest BCUT2D eigenvalue weighted by Gasteiger charge is -2.40. The number of amides is 1. The van der Waals surface area contributed by atoms with Crippen LogP contribution < -0.4 is 0 Å². The predicted molar refractivity (Wildman–Crippen MR) is 72.4 cm³/mol. The summed E-state index contributed by atoms with van der Waals surface area (Å²) in [7, 11) is 0. The van der Waals surface area contributed by atoms with E-state index in [4.69, 9.17) is 4.74 Å². The van der Waals surface area contributed by atoms with Crippen molar-refractivity contribution in [2.75, 3.05) is 6.54 Å². The van der Waals surface area contributed by atoms with Crippen LogP contribution in [0.2, 0.25) is 0 Å². The molecule has 0 aromatic rings. The second-order valence-corrected chi connectivity index (χ2v) is 8.01. The van der Waals surface area contributed by atoms with Crippen LogP contribution in [0.15, 0.2) is 0 Å². The molecule has 2 aliphatic rings. The highest BCUT2D eigenvalue weighted by atomic mass is 16.6. The molecule has 0 spiro atoms. The van der Waals surface area contributed by atoms with Gasteiger partial charge in [0.25, 0.3) is 0 Å². The van der Waals surface area contributed by atoms with Gasteiger partial charge in [0.05, 0.1) is 0 Å². The molecule has 3 heteroatoms. The first-order valence-electron chi connectivity index (χ1n) is 7.07. The number of carbonyl (C=O) groups is 1. The average molecular weight is 253 g/mol. The third-order valence-corrected chi connectivity index (χ3v) is 4.22. The Morgan fingerprint density at radius 2 is 1.72 bits per heavy atom. The van der Waals surface area contributed by atoms with Crippen LogP contribution in [0.25, 0.3) is 0 Å². The zero-order chi connectivity index (χ0) is 13.7. The molecule has 0 N–H and O–H groups in total. The van der Waals surface area contributed by atoms with E-state index in [-0.39, 0.29) is 11.5 Å². The molecule has 3 atom stereocenters. The molecule has 3 unspecified atom stereocenters. The van der Waals surface area contributed by atoms with E-state index in [9.17, 15) is 4.79 Å². The van der Waals surface area contributed by atoms with Crippen molar-refractivity contribution in [3.8, 4) is 0 Å². The lowest BCUT2D eigenvalue weighted by atomic mass is 9.76. The van der Waals surface area contributed by atoms with Crippen molar-refractivity contribution in [3.05, 3.63) is 0 Å². The van der Waals surface area contributed by atoms with Crippen molar-refractivity contribution in [1.82, 2.24) is 4.90 Å². The van der Waals surface area contributed by atoms with Gasteiger partial charge >= 0.3 is 6.09 Å². The minimum atomic E-state index is -0.393. The summed E-state index contributed by atoms with van der Waals surface area (Å²) >= 11 is 0. The summed E-state index contributed by atoms with van der Waals surface area (Å²) in [6.07, 6.45) is 2.32. The highest BCUT2D eigenvalue weighted by molar-refractivity contribution is 5.69. The van der Waals surface area contributed by atoms with Crippen LogP contribution in [0, 0.1) is 17.3 Å². The third kappa shape index (κ3) is 2.65. The molecule has 1 aliphatic heterocycles. The van der Waals surface area contributed by atoms with E-state index in [0.717, 1.165) is 6.54 Å². The Morgan fingerprint density at radius 3 is 2.17 bits per heavy atom. The molecule has 1 saturated carbocycles. The molecule has 18 heavy (non-hydrogen) atoms. The molecule has 0 radical (unpaired) electrons. The van der Waals surface area contributed by atoms with Crippen molar-refractivity contribution in [2.24, 2.45) is 17.3 Å². The van der Waals surface area contributed by atoms with Gasteiger partial charge in [0, 0.05) is 12.6 Å². The van der Waals surface area contributed by atoms with Gasteiger partial charge in [0.1, 0.15) is 5.60 Å². The van der Waals surface area contributed by atoms with Crippen molar-refractivity contribution < 1.29 is 9.53 Å². The Morgan fingerprint density at radius 1 is 1.11 bits per heavy atom. The van der Waals surface area contributed by atoms with E-state index >= 15 is 0 Å². The predicted octanol–water partition coefficient (Wildman–Crippen LogP) is 3.68. The largest absolute Gasteiger partial charge is 0.444 e. The zero-order valence-corrected chi connectivity index (χ0v) is 12.6. The molecular weight excluding hydrogens is 226 g/mol. The van der Waals surface area contributed by atoms with Gasteiger partial charge in [-0.05, 0) is 50.9 Å². The summed E-state index contributed by atoms with van der Waals surface area (Å²) in [5.74, 6) is 1.30. The number of carbonyl (C=O) groups excluding carboxylic acids is 1. The van der Waals surface area contributed by atoms with Crippen LogP contribution in [0.5, 0.6) is 0 Å². The first kappa shape index (κ1) is 13.7. The van der Waals surface area contributed by atoms with Gasteiger partial charge < -0.3 is 9.64 Å². The second-order valence-electron chi connectivity index (χ2n) is 8.01. The minimum absolute atomic E-state index is 0.121. The number of nitrogens with zero attached hydrogens (tertiary/aromatic N) is 1. The lowest BCUT2D eigenvalue weighted by Crippen LogP contribution is -2.47. The maximum absolute atomic E-state index is 12.2. The fourth-order valence-electron chi connectivity index (χ4n) is 3.49. The first-order chi connectivity index (χ1) is 8.08. The van der Waals surface area contributed by atoms with Crippen molar-refractivity contribution in [1.29, 1.82) is 0 Å². The van der Waals surface area contributed by atoms with E-state index in [0.29, 0.717) is 17.9 Å². The smallest absolute Gasteiger partial charge is 0.410 e. The van der Waals surface area contributed by atoms with E-state index in [1.807, 2.05) is 25.7 Å². The summed E-state index contributed by atoms with van der Waals surface area (Å²) < 4.78 is 5.52. The summed E-state index contributed by atoms with van der Waals surface area (Å²) in [6, 6.07) is 0.393. The molecule has 1 heterocycles. The third-order valence-electron chi connectivity index (χ3n) is 4.22. The molecule has 1 aliphatic carbocycles. The maximum atomic E-state index is 12.2. The number of fused-ring (bicyclic) bond motifs is 2. The van der Waals surface area contributed by atoms with E-state index < -0.39 is 5.60 Å². The van der Waals surface area contributed by atoms with Crippen LogP contribution in [0.3, 0.4) is 0 Å². The molecular formula is C15H27NO2. The SMILES string of the molecule is CC(C)(C)OC(=O)N1CC2CC1C(C(C)(C)C)C2. The normalized spacial score (nSPS) is 31.9. The van der Waals surface area contributed by atoms with Gasteiger partial charge in [-0.15, -0.1) is 0 Å². The number of ether oxygens (including phenoxy) is 1. The number of piperidine rings is 1. The standard InChI is InChI=1S/C15H27NO2/c1-14(2,3)11-7-10-8-12(11)16(9-10)13(17)18-15(4,5)6/h10-12H,7-9H2,1-6H3. The van der Waals surface area contributed by atoms with Crippen LogP contribution >= 0.6 is 0 Å². The molecule has 1 amide bonds. The monoisotopic (exact) mass is 253 g/mol. The van der Waals surface area contributed by atoms with Gasteiger partial charge in [0.15, 0.2) is 0 Å². The van der Waals surface area contributed by atoms with Gasteiger partial charge in [-0.1, -0.05) is 20.8 Å². The Balaban J connectivity index is 2.06. The van der Waals surface area contributed by atoms with Gasteiger partial charge in [-0.2, -0.15) is 0 Å². The Hall–Kier alpha value is -0.730. The van der Waals surface area contributed by atoms with E-state index in [1.165, 1.54) is 12.8 Å². The summed E-state index contributed by atoms with van der Waals surface area (Å²) in [5.41, 5.74) is -0.115. The van der Waals surface area contributed by atoms with E-state index in [2.05, 4.69) is 20.8 Å². The molecule has 2 rings (SSSR count). The van der Waals surface area contributed by atoms with Crippen LogP contribution in [0.1, 0.15) is 54.4 Å². The van der Waals surface area contributed by atoms with Crippen molar-refractivity contribution >= 4 is 6.09 Å². The lowest BCUT2D eigenvalue weighted by molar-refractivity contribution is 0.00388. The molecule has 3 nitrogen and oxygen atoms in total. The molecule has 1 saturated heterocycles. The van der Waals surface area contributed by atoms with Crippen LogP contribution in [-0.4, -0.2) is 29.2 Å². The van der Waals surface area contributed by atoms with E-state index in [1.54, 1.807) is 0 Å². The van der Waals surface area contributed by atoms with Crippen LogP contribution in [0.4, 0.5) is 4.79 Å². The Bertz CT molecular complexity index is 337. The summed E-state index contributed by atoms with van der Waals surface area (Å²) in [5, 5.41) is 0. The van der Waals surface area contributed by atoms with Crippen LogP contribution in [-0.2, 0) is 4.74 Å². The van der Waals surface area contributed by atoms with Gasteiger partial charge in [0.2, 0.25) is 0 Å². The maximum Gasteiger partial charge on any atom is 0.410 e. The zero-order valence-electron chi connectivity index (χ0n) is 12.6. The molecule has 2 fully saturated rings. The highest BCUT2D eigenvalue weighted by Crippen LogP contribution is 2.49. The Kier molecular flexibility index (Phi) is 3.15. The molecule has 0 aromatic carbocycles. The fourth-order valence-corrected chi connectivity index (χ4v) is 3.49. The Labute approximate surface area is 111 Å². The number of hydrogen-bond acceptors (Lipinski definition) is 2. The minimum Gasteiger partial charge on any atom is -0.444 e. The first-order valence-corrected chi connectivity index (χ1v) is 7.07. The van der Waals surface area contributed by atoms with Crippen molar-refractivity contribution in [3.63, 3.8) is 0 Å². The molecule has 104 valence electrons. The van der Waals surface area contributed by atoms with Gasteiger partial charge in [-0.25, -0.2) is 4.79 Å². The summed E-state index contributed by atoms with van der Waals surface area (Å²) in [4.78, 5) is 14.2. The quantitative estimate of drug-likeness (QED) is 0.659. The average Bonchev–Trinajstić information content (AvgIpc) is 2.71. The fraction of sp³-hybridized carbons (Fsp3) is 0.933. The van der Waals surface area contributed by atoms with Crippen molar-refractivity contribution in [2.45, 2.75) is 66.0 Å². The number of likely N-dealkylation sites (tertiary alicyclic amines) is 1. The molecule has 2 bridgehead atoms. The second kappa shape index (κ2) is 4.14. The summed E-state index contributed by atoms with van der Waals surface area (Å²) in [6.45, 7) is 13.5.